The summed E-state index contributed by atoms with van der Waals surface area (Å²) in [7, 11) is 0. The van der Waals surface area contributed by atoms with E-state index in [4.69, 9.17) is 0 Å². The molecule has 0 unspecified atom stereocenters. The number of aliphatic imine (C=N–C) groups is 1. The number of phenolic OH excluding ortho intramolecular Hbond substituents is 1. The number of nitrogens with zero attached hydrogens (tertiary/aromatic N) is 1. The average Bonchev–Trinajstić information content (AvgIpc) is 2.49. The van der Waals surface area contributed by atoms with Crippen LogP contribution in [-0.4, -0.2) is 47.0 Å². The molecule has 0 atom stereocenters. The Labute approximate surface area is 139 Å². The first-order valence-electron chi connectivity index (χ1n) is 6.74. The molecule has 12 heteroatoms. The molecule has 1 aromatic rings. The summed E-state index contributed by atoms with van der Waals surface area (Å²) in [4.78, 5) is 2.34. The first-order valence-corrected chi connectivity index (χ1v) is 6.74. The summed E-state index contributed by atoms with van der Waals surface area (Å²) >= 11 is 0. The topological polar surface area (TPSA) is 32.6 Å². The van der Waals surface area contributed by atoms with Gasteiger partial charge in [-0.3, -0.25) is 4.99 Å². The quantitative estimate of drug-likeness (QED) is 0.571. The van der Waals surface area contributed by atoms with Crippen molar-refractivity contribution < 1.29 is 49.0 Å². The lowest BCUT2D eigenvalue weighted by Crippen LogP contribution is -2.79. The van der Waals surface area contributed by atoms with Gasteiger partial charge >= 0.3 is 29.6 Å². The molecule has 0 radical (unpaired) electrons. The van der Waals surface area contributed by atoms with Crippen LogP contribution in [0.15, 0.2) is 23.2 Å². The van der Waals surface area contributed by atoms with Gasteiger partial charge in [-0.05, 0) is 18.6 Å². The molecule has 26 heavy (non-hydrogen) atoms. The third kappa shape index (κ3) is 2.29. The minimum Gasteiger partial charge on any atom is -0.507 e. The maximum absolute atomic E-state index is 13.6. The predicted molar refractivity (Wildman–Crippen MR) is 69.0 cm³/mol. The summed E-state index contributed by atoms with van der Waals surface area (Å²) in [5.41, 5.74) is -0.445. The van der Waals surface area contributed by atoms with Crippen LogP contribution in [-0.2, 0) is 0 Å². The monoisotopic (exact) mass is 397 g/mol. The van der Waals surface area contributed by atoms with Crippen LogP contribution in [0.4, 0.5) is 43.9 Å². The van der Waals surface area contributed by atoms with Crippen LogP contribution >= 0.6 is 0 Å². The molecular weight excluding hydrogens is 388 g/mol. The highest BCUT2D eigenvalue weighted by Gasteiger charge is 2.95. The molecule has 1 aliphatic carbocycles. The van der Waals surface area contributed by atoms with Crippen molar-refractivity contribution in [3.05, 3.63) is 29.3 Å². The maximum atomic E-state index is 13.6. The van der Waals surface area contributed by atoms with Gasteiger partial charge < -0.3 is 5.11 Å². The van der Waals surface area contributed by atoms with E-state index in [2.05, 4.69) is 4.99 Å². The largest absolute Gasteiger partial charge is 0.507 e. The van der Waals surface area contributed by atoms with Crippen LogP contribution < -0.4 is 0 Å². The molecule has 0 bridgehead atoms. The molecule has 1 aromatic carbocycles. The van der Waals surface area contributed by atoms with Gasteiger partial charge in [0.15, 0.2) is 6.04 Å². The number of aromatic hydroxyl groups is 1. The van der Waals surface area contributed by atoms with Gasteiger partial charge in [0.2, 0.25) is 0 Å². The molecule has 1 N–H and O–H groups in total. The van der Waals surface area contributed by atoms with E-state index in [-0.39, 0.29) is 11.8 Å². The van der Waals surface area contributed by atoms with Crippen LogP contribution in [0, 0.1) is 6.92 Å². The zero-order valence-corrected chi connectivity index (χ0v) is 12.6. The third-order valence-electron chi connectivity index (χ3n) is 3.94. The molecule has 1 fully saturated rings. The summed E-state index contributed by atoms with van der Waals surface area (Å²) in [6.45, 7) is 1.29. The summed E-state index contributed by atoms with van der Waals surface area (Å²) in [5.74, 6) is -33.9. The first kappa shape index (κ1) is 20.3. The second-order valence-electron chi connectivity index (χ2n) is 5.66. The summed E-state index contributed by atoms with van der Waals surface area (Å²) in [5, 5.41) is 9.59. The zero-order chi connectivity index (χ0) is 20.3. The third-order valence-corrected chi connectivity index (χ3v) is 3.94. The molecule has 0 spiro atoms. The Morgan fingerprint density at radius 1 is 0.846 bits per heavy atom. The van der Waals surface area contributed by atoms with Crippen molar-refractivity contribution in [2.24, 2.45) is 4.99 Å². The summed E-state index contributed by atoms with van der Waals surface area (Å²) in [6.07, 6.45) is 0.0183. The van der Waals surface area contributed by atoms with E-state index in [1.807, 2.05) is 0 Å². The molecule has 2 nitrogen and oxygen atoms in total. The molecule has 0 saturated heterocycles. The van der Waals surface area contributed by atoms with Crippen molar-refractivity contribution in [2.75, 3.05) is 0 Å². The van der Waals surface area contributed by atoms with E-state index in [1.165, 1.54) is 19.1 Å². The molecule has 0 amide bonds. The van der Waals surface area contributed by atoms with Crippen LogP contribution in [0.25, 0.3) is 0 Å². The van der Waals surface area contributed by atoms with Gasteiger partial charge in [-0.1, -0.05) is 12.1 Å². The lowest BCUT2D eigenvalue weighted by molar-refractivity contribution is -0.448. The molecular formula is C14H9F10NO. The molecule has 0 heterocycles. The number of phenols is 1. The van der Waals surface area contributed by atoms with Gasteiger partial charge in [0.05, 0.1) is 0 Å². The first-order chi connectivity index (χ1) is 11.5. The molecule has 0 aliphatic heterocycles. The van der Waals surface area contributed by atoms with Gasteiger partial charge in [0.25, 0.3) is 0 Å². The SMILES string of the molecule is Cc1cccc(C=NC2C(F)(F)C(F)(F)C(F)(F)C(F)(F)C2(F)F)c1O. The van der Waals surface area contributed by atoms with Crippen LogP contribution in [0.5, 0.6) is 5.75 Å². The highest BCUT2D eigenvalue weighted by molar-refractivity contribution is 5.84. The van der Waals surface area contributed by atoms with Crippen LogP contribution in [0.2, 0.25) is 0 Å². The summed E-state index contributed by atoms with van der Waals surface area (Å²) in [6, 6.07) is -1.10. The Morgan fingerprint density at radius 2 is 1.31 bits per heavy atom. The lowest BCUT2D eigenvalue weighted by atomic mass is 9.79. The molecule has 1 saturated carbocycles. The van der Waals surface area contributed by atoms with Crippen molar-refractivity contribution in [3.8, 4) is 5.75 Å². The predicted octanol–water partition coefficient (Wildman–Crippen LogP) is 4.68. The van der Waals surface area contributed by atoms with E-state index in [9.17, 15) is 49.0 Å². The number of hydrogen-bond acceptors (Lipinski definition) is 2. The fraction of sp³-hybridized carbons (Fsp3) is 0.500. The average molecular weight is 397 g/mol. The Hall–Kier alpha value is -2.01. The Bertz CT molecular complexity index is 713. The normalized spacial score (nSPS) is 26.1. The second-order valence-corrected chi connectivity index (χ2v) is 5.66. The number of aryl methyl sites for hydroxylation is 1. The fourth-order valence-corrected chi connectivity index (χ4v) is 2.31. The smallest absolute Gasteiger partial charge is 0.384 e. The van der Waals surface area contributed by atoms with E-state index < -0.39 is 47.0 Å². The highest BCUT2D eigenvalue weighted by Crippen LogP contribution is 2.65. The lowest BCUT2D eigenvalue weighted by Gasteiger charge is -2.48. The minimum absolute atomic E-state index is 0.0183. The Kier molecular flexibility index (Phi) is 4.29. The number of para-hydroxylation sites is 1. The second kappa shape index (κ2) is 5.49. The van der Waals surface area contributed by atoms with E-state index >= 15 is 0 Å². The number of halogens is 10. The van der Waals surface area contributed by atoms with Gasteiger partial charge in [-0.2, -0.15) is 43.9 Å². The van der Waals surface area contributed by atoms with Crippen molar-refractivity contribution in [1.29, 1.82) is 0 Å². The Balaban J connectivity index is 2.63. The van der Waals surface area contributed by atoms with Crippen LogP contribution in [0.3, 0.4) is 0 Å². The van der Waals surface area contributed by atoms with Gasteiger partial charge in [0, 0.05) is 11.8 Å². The van der Waals surface area contributed by atoms with Crippen molar-refractivity contribution in [2.45, 2.75) is 42.6 Å². The molecule has 146 valence electrons. The Morgan fingerprint density at radius 3 is 1.77 bits per heavy atom. The van der Waals surface area contributed by atoms with E-state index in [0.29, 0.717) is 0 Å². The number of hydrogen-bond donors (Lipinski definition) is 1. The maximum Gasteiger partial charge on any atom is 0.384 e. The van der Waals surface area contributed by atoms with Crippen molar-refractivity contribution in [3.63, 3.8) is 0 Å². The van der Waals surface area contributed by atoms with Gasteiger partial charge in [-0.15, -0.1) is 0 Å². The van der Waals surface area contributed by atoms with E-state index in [0.717, 1.165) is 6.07 Å². The summed E-state index contributed by atoms with van der Waals surface area (Å²) < 4.78 is 134. The molecule has 0 aromatic heterocycles. The van der Waals surface area contributed by atoms with Crippen molar-refractivity contribution in [1.82, 2.24) is 0 Å². The number of rotatable bonds is 2. The zero-order valence-electron chi connectivity index (χ0n) is 12.6. The van der Waals surface area contributed by atoms with Gasteiger partial charge in [0.1, 0.15) is 5.75 Å². The molecule has 1 aliphatic rings. The highest BCUT2D eigenvalue weighted by atomic mass is 19.4. The fourth-order valence-electron chi connectivity index (χ4n) is 2.31. The number of benzene rings is 1. The number of alkyl halides is 10. The van der Waals surface area contributed by atoms with Gasteiger partial charge in [-0.25, -0.2) is 0 Å². The van der Waals surface area contributed by atoms with Crippen LogP contribution in [0.1, 0.15) is 11.1 Å². The minimum atomic E-state index is -7.02. The standard InChI is InChI=1S/C14H9F10NO/c1-6-3-2-4-7(8(6)26)5-25-9-10(15,16)12(19,20)14(23,24)13(21,22)11(9,17)18/h2-5,9,26H,1H3. The van der Waals surface area contributed by atoms with E-state index in [1.54, 1.807) is 0 Å². The van der Waals surface area contributed by atoms with Crippen molar-refractivity contribution >= 4 is 6.21 Å². The molecule has 2 rings (SSSR count).